The second kappa shape index (κ2) is 7.53. The Morgan fingerprint density at radius 2 is 2.00 bits per heavy atom. The molecule has 124 valence electrons. The zero-order chi connectivity index (χ0) is 17.0. The first kappa shape index (κ1) is 18.1. The summed E-state index contributed by atoms with van der Waals surface area (Å²) in [6.07, 6.45) is 1.37. The van der Waals surface area contributed by atoms with E-state index in [4.69, 9.17) is 16.3 Å². The molecule has 0 fully saturated rings. The summed E-state index contributed by atoms with van der Waals surface area (Å²) in [4.78, 5) is 4.38. The van der Waals surface area contributed by atoms with Gasteiger partial charge in [-0.15, -0.1) is 11.8 Å². The van der Waals surface area contributed by atoms with Gasteiger partial charge in [0, 0.05) is 36.6 Å². The lowest BCUT2D eigenvalue weighted by molar-refractivity contribution is 0.411. The molecule has 0 saturated heterocycles. The molecule has 8 heteroatoms. The smallest absolute Gasteiger partial charge is 0.244 e. The fourth-order valence-electron chi connectivity index (χ4n) is 1.83. The van der Waals surface area contributed by atoms with E-state index in [1.54, 1.807) is 25.3 Å². The predicted octanol–water partition coefficient (Wildman–Crippen LogP) is 3.29. The fraction of sp³-hybridized carbons (Fsp3) is 0.267. The number of aromatic nitrogens is 1. The van der Waals surface area contributed by atoms with Crippen molar-refractivity contribution in [3.05, 3.63) is 47.1 Å². The summed E-state index contributed by atoms with van der Waals surface area (Å²) in [5, 5.41) is 1.37. The van der Waals surface area contributed by atoms with Crippen LogP contribution in [0.4, 0.5) is 0 Å². The van der Waals surface area contributed by atoms with Crippen molar-refractivity contribution in [2.75, 3.05) is 21.2 Å². The van der Waals surface area contributed by atoms with Crippen LogP contribution in [0.5, 0.6) is 5.75 Å². The van der Waals surface area contributed by atoms with Crippen LogP contribution in [0.25, 0.3) is 0 Å². The van der Waals surface area contributed by atoms with Crippen molar-refractivity contribution in [2.24, 2.45) is 0 Å². The van der Waals surface area contributed by atoms with Crippen molar-refractivity contribution >= 4 is 33.4 Å². The molecule has 2 rings (SSSR count). The molecule has 0 unspecified atom stereocenters. The Hall–Kier alpha value is -1.28. The second-order valence-corrected chi connectivity index (χ2v) is 8.45. The van der Waals surface area contributed by atoms with Crippen LogP contribution in [0.2, 0.25) is 5.02 Å². The highest BCUT2D eigenvalue weighted by atomic mass is 35.5. The number of sulfonamides is 1. The van der Waals surface area contributed by atoms with Crippen LogP contribution >= 0.6 is 23.4 Å². The quantitative estimate of drug-likeness (QED) is 0.728. The Morgan fingerprint density at radius 1 is 1.26 bits per heavy atom. The number of hydrogen-bond acceptors (Lipinski definition) is 5. The fourth-order valence-corrected chi connectivity index (χ4v) is 3.69. The van der Waals surface area contributed by atoms with Gasteiger partial charge in [0.25, 0.3) is 0 Å². The third kappa shape index (κ3) is 4.38. The molecule has 1 aromatic carbocycles. The van der Waals surface area contributed by atoms with E-state index >= 15 is 0 Å². The minimum Gasteiger partial charge on any atom is -0.496 e. The van der Waals surface area contributed by atoms with E-state index in [2.05, 4.69) is 4.98 Å². The zero-order valence-corrected chi connectivity index (χ0v) is 15.4. The monoisotopic (exact) mass is 372 g/mol. The van der Waals surface area contributed by atoms with Gasteiger partial charge in [0.15, 0.2) is 0 Å². The van der Waals surface area contributed by atoms with Gasteiger partial charge in [0.1, 0.15) is 10.6 Å². The summed E-state index contributed by atoms with van der Waals surface area (Å²) in [7, 11) is 1.13. The van der Waals surface area contributed by atoms with Crippen molar-refractivity contribution in [1.82, 2.24) is 9.29 Å². The van der Waals surface area contributed by atoms with Gasteiger partial charge in [-0.25, -0.2) is 17.7 Å². The van der Waals surface area contributed by atoms with E-state index < -0.39 is 10.0 Å². The summed E-state index contributed by atoms with van der Waals surface area (Å²) in [6, 6.07) is 8.68. The number of benzene rings is 1. The lowest BCUT2D eigenvalue weighted by atomic mass is 10.2. The summed E-state index contributed by atoms with van der Waals surface area (Å²) >= 11 is 7.49. The maximum atomic E-state index is 12.0. The minimum atomic E-state index is -3.45. The molecule has 0 aliphatic rings. The van der Waals surface area contributed by atoms with Crippen LogP contribution in [0.15, 0.2) is 46.5 Å². The van der Waals surface area contributed by atoms with Crippen LogP contribution < -0.4 is 4.74 Å². The number of halogens is 1. The average molecular weight is 373 g/mol. The first-order chi connectivity index (χ1) is 10.8. The molecule has 0 radical (unpaired) electrons. The van der Waals surface area contributed by atoms with Crippen molar-refractivity contribution in [2.45, 2.75) is 15.7 Å². The molecule has 0 saturated carbocycles. The lowest BCUT2D eigenvalue weighted by Crippen LogP contribution is -2.22. The van der Waals surface area contributed by atoms with Gasteiger partial charge in [-0.1, -0.05) is 11.6 Å². The standard InChI is InChI=1S/C15H17ClN2O3S2/c1-18(2)23(19,20)13-5-7-15(17-9-13)22-10-11-8-12(16)4-6-14(11)21-3/h4-9H,10H2,1-3H3. The van der Waals surface area contributed by atoms with E-state index in [1.807, 2.05) is 12.1 Å². The molecule has 0 aliphatic heterocycles. The largest absolute Gasteiger partial charge is 0.496 e. The maximum absolute atomic E-state index is 12.0. The Kier molecular flexibility index (Phi) is 5.91. The van der Waals surface area contributed by atoms with Crippen molar-refractivity contribution in [3.8, 4) is 5.75 Å². The molecule has 5 nitrogen and oxygen atoms in total. The lowest BCUT2D eigenvalue weighted by Gasteiger charge is -2.11. The molecule has 0 aliphatic carbocycles. The molecule has 2 aromatic rings. The van der Waals surface area contributed by atoms with Crippen molar-refractivity contribution in [1.29, 1.82) is 0 Å². The number of thioether (sulfide) groups is 1. The number of nitrogens with zero attached hydrogens (tertiary/aromatic N) is 2. The van der Waals surface area contributed by atoms with Crippen LogP contribution in [0.1, 0.15) is 5.56 Å². The molecule has 1 aromatic heterocycles. The van der Waals surface area contributed by atoms with Gasteiger partial charge in [0.05, 0.1) is 12.1 Å². The maximum Gasteiger partial charge on any atom is 0.244 e. The average Bonchev–Trinajstić information content (AvgIpc) is 2.53. The molecule has 0 spiro atoms. The van der Waals surface area contributed by atoms with Gasteiger partial charge in [0.2, 0.25) is 10.0 Å². The Bertz CT molecular complexity index is 778. The summed E-state index contributed by atoms with van der Waals surface area (Å²) in [5.74, 6) is 1.38. The Balaban J connectivity index is 2.12. The molecular weight excluding hydrogens is 356 g/mol. The molecular formula is C15H17ClN2O3S2. The van der Waals surface area contributed by atoms with Gasteiger partial charge < -0.3 is 4.74 Å². The molecule has 0 bridgehead atoms. The molecule has 0 amide bonds. The van der Waals surface area contributed by atoms with Crippen molar-refractivity contribution in [3.63, 3.8) is 0 Å². The third-order valence-corrected chi connectivity index (χ3v) is 6.13. The highest BCUT2D eigenvalue weighted by Crippen LogP contribution is 2.29. The molecule has 23 heavy (non-hydrogen) atoms. The highest BCUT2D eigenvalue weighted by molar-refractivity contribution is 7.98. The number of rotatable bonds is 6. The first-order valence-corrected chi connectivity index (χ1v) is 9.48. The van der Waals surface area contributed by atoms with Crippen LogP contribution in [0, 0.1) is 0 Å². The van der Waals surface area contributed by atoms with Crippen LogP contribution in [-0.2, 0) is 15.8 Å². The normalized spacial score (nSPS) is 11.7. The van der Waals surface area contributed by atoms with Crippen molar-refractivity contribution < 1.29 is 13.2 Å². The zero-order valence-electron chi connectivity index (χ0n) is 13.0. The number of methoxy groups -OCH3 is 1. The van der Waals surface area contributed by atoms with Gasteiger partial charge in [-0.2, -0.15) is 0 Å². The van der Waals surface area contributed by atoms with E-state index in [0.717, 1.165) is 20.6 Å². The summed E-state index contributed by atoms with van der Waals surface area (Å²) < 4.78 is 30.4. The number of pyridine rings is 1. The number of ether oxygens (including phenoxy) is 1. The Morgan fingerprint density at radius 3 is 2.57 bits per heavy atom. The molecule has 0 atom stereocenters. The Labute approximate surface area is 145 Å². The highest BCUT2D eigenvalue weighted by Gasteiger charge is 2.17. The SMILES string of the molecule is COc1ccc(Cl)cc1CSc1ccc(S(=O)(=O)N(C)C)cn1. The third-order valence-electron chi connectivity index (χ3n) is 3.11. The van der Waals surface area contributed by atoms with Crippen LogP contribution in [-0.4, -0.2) is 38.9 Å². The van der Waals surface area contributed by atoms with Gasteiger partial charge in [-0.05, 0) is 30.3 Å². The van der Waals surface area contributed by atoms with Gasteiger partial charge in [-0.3, -0.25) is 0 Å². The topological polar surface area (TPSA) is 59.5 Å². The second-order valence-electron chi connectivity index (χ2n) is 4.86. The molecule has 1 heterocycles. The van der Waals surface area contributed by atoms with E-state index in [9.17, 15) is 8.42 Å². The van der Waals surface area contributed by atoms with E-state index in [-0.39, 0.29) is 4.90 Å². The first-order valence-electron chi connectivity index (χ1n) is 6.68. The summed E-state index contributed by atoms with van der Waals surface area (Å²) in [6.45, 7) is 0. The number of hydrogen-bond donors (Lipinski definition) is 0. The van der Waals surface area contributed by atoms with Crippen LogP contribution in [0.3, 0.4) is 0 Å². The van der Waals surface area contributed by atoms with Gasteiger partial charge >= 0.3 is 0 Å². The predicted molar refractivity (Wildman–Crippen MR) is 92.7 cm³/mol. The van der Waals surface area contributed by atoms with E-state index in [1.165, 1.54) is 32.1 Å². The summed E-state index contributed by atoms with van der Waals surface area (Å²) in [5.41, 5.74) is 0.955. The minimum absolute atomic E-state index is 0.173. The van der Waals surface area contributed by atoms with E-state index in [0.29, 0.717) is 10.8 Å². The molecule has 0 N–H and O–H groups in total.